The van der Waals surface area contributed by atoms with E-state index >= 15 is 0 Å². The van der Waals surface area contributed by atoms with Crippen LogP contribution in [0.15, 0.2) is 18.3 Å². The number of likely N-dealkylation sites (N-methyl/N-ethyl adjacent to an activating group) is 1. The van der Waals surface area contributed by atoms with Gasteiger partial charge in [0.15, 0.2) is 5.65 Å². The minimum absolute atomic E-state index is 0.00934. The van der Waals surface area contributed by atoms with Gasteiger partial charge in [0, 0.05) is 44.3 Å². The lowest BCUT2D eigenvalue weighted by Crippen LogP contribution is -2.34. The van der Waals surface area contributed by atoms with Crippen LogP contribution in [-0.4, -0.2) is 95.6 Å². The molecule has 0 radical (unpaired) electrons. The Balaban J connectivity index is 1.58. The summed E-state index contributed by atoms with van der Waals surface area (Å²) in [7, 11) is 0.861. The molecule has 0 saturated carbocycles. The summed E-state index contributed by atoms with van der Waals surface area (Å²) < 4.78 is 26.9. The number of fused-ring (bicyclic) bond motifs is 1. The Morgan fingerprint density at radius 3 is 2.57 bits per heavy atom. The van der Waals surface area contributed by atoms with E-state index in [-0.39, 0.29) is 11.8 Å². The SMILES string of the molecule is CN(C)C1CCN(C(=O)c2ccc3nnc(C4CCN(S(C)(=O)=O)C4)n3c2)C1. The maximum Gasteiger partial charge on any atom is 0.255 e. The van der Waals surface area contributed by atoms with Gasteiger partial charge in [-0.25, -0.2) is 12.7 Å². The number of hydrogen-bond acceptors (Lipinski definition) is 6. The number of carbonyl (C=O) groups excluding carboxylic acids is 1. The topological polar surface area (TPSA) is 91.1 Å². The van der Waals surface area contributed by atoms with Crippen molar-refractivity contribution in [1.82, 2.24) is 28.7 Å². The van der Waals surface area contributed by atoms with Crippen molar-refractivity contribution < 1.29 is 13.2 Å². The third kappa shape index (κ3) is 3.51. The second-order valence-corrected chi connectivity index (χ2v) is 9.95. The van der Waals surface area contributed by atoms with Crippen molar-refractivity contribution in [1.29, 1.82) is 0 Å². The van der Waals surface area contributed by atoms with E-state index in [1.54, 1.807) is 18.3 Å². The fraction of sp³-hybridized carbons (Fsp3) is 0.611. The molecule has 4 heterocycles. The molecule has 0 aromatic carbocycles. The number of sulfonamides is 1. The second-order valence-electron chi connectivity index (χ2n) is 7.97. The Morgan fingerprint density at radius 2 is 1.93 bits per heavy atom. The van der Waals surface area contributed by atoms with Gasteiger partial charge < -0.3 is 9.80 Å². The molecule has 28 heavy (non-hydrogen) atoms. The molecule has 2 fully saturated rings. The summed E-state index contributed by atoms with van der Waals surface area (Å²) in [5.74, 6) is 0.693. The average molecular weight is 407 g/mol. The van der Waals surface area contributed by atoms with Crippen molar-refractivity contribution in [3.63, 3.8) is 0 Å². The molecule has 0 N–H and O–H groups in total. The lowest BCUT2D eigenvalue weighted by Gasteiger charge is -2.20. The summed E-state index contributed by atoms with van der Waals surface area (Å²) in [5, 5.41) is 8.48. The van der Waals surface area contributed by atoms with Crippen LogP contribution < -0.4 is 0 Å². The Morgan fingerprint density at radius 1 is 1.14 bits per heavy atom. The summed E-state index contributed by atoms with van der Waals surface area (Å²) in [6.45, 7) is 2.36. The van der Waals surface area contributed by atoms with E-state index in [1.807, 2.05) is 23.4 Å². The van der Waals surface area contributed by atoms with Crippen molar-refractivity contribution in [3.8, 4) is 0 Å². The molecule has 0 spiro atoms. The van der Waals surface area contributed by atoms with Gasteiger partial charge >= 0.3 is 0 Å². The van der Waals surface area contributed by atoms with Gasteiger partial charge in [0.05, 0.1) is 11.8 Å². The highest BCUT2D eigenvalue weighted by atomic mass is 32.2. The molecule has 0 aliphatic carbocycles. The lowest BCUT2D eigenvalue weighted by molar-refractivity contribution is 0.0782. The summed E-state index contributed by atoms with van der Waals surface area (Å²) >= 11 is 0. The van der Waals surface area contributed by atoms with Crippen molar-refractivity contribution in [2.45, 2.75) is 24.8 Å². The molecule has 2 aliphatic heterocycles. The average Bonchev–Trinajstić information content (AvgIpc) is 3.37. The van der Waals surface area contributed by atoms with Crippen LogP contribution in [0.1, 0.15) is 34.9 Å². The van der Waals surface area contributed by atoms with Crippen molar-refractivity contribution in [2.75, 3.05) is 46.5 Å². The van der Waals surface area contributed by atoms with Crippen LogP contribution in [0.25, 0.3) is 5.65 Å². The van der Waals surface area contributed by atoms with Crippen LogP contribution >= 0.6 is 0 Å². The van der Waals surface area contributed by atoms with Gasteiger partial charge in [-0.2, -0.15) is 0 Å². The van der Waals surface area contributed by atoms with Crippen molar-refractivity contribution in [3.05, 3.63) is 29.7 Å². The maximum absolute atomic E-state index is 13.0. The highest BCUT2D eigenvalue weighted by molar-refractivity contribution is 7.88. The number of carbonyl (C=O) groups is 1. The molecule has 152 valence electrons. The summed E-state index contributed by atoms with van der Waals surface area (Å²) in [4.78, 5) is 17.0. The molecule has 2 atom stereocenters. The Hall–Kier alpha value is -2.04. The molecule has 4 rings (SSSR count). The van der Waals surface area contributed by atoms with E-state index in [0.717, 1.165) is 19.5 Å². The number of nitrogens with zero attached hydrogens (tertiary/aromatic N) is 6. The van der Waals surface area contributed by atoms with Crippen LogP contribution in [0.4, 0.5) is 0 Å². The Bertz CT molecular complexity index is 1000. The maximum atomic E-state index is 13.0. The molecule has 2 aromatic rings. The van der Waals surface area contributed by atoms with Crippen LogP contribution in [-0.2, 0) is 10.0 Å². The zero-order valence-electron chi connectivity index (χ0n) is 16.4. The van der Waals surface area contributed by atoms with Gasteiger partial charge in [-0.1, -0.05) is 0 Å². The number of aromatic nitrogens is 3. The van der Waals surface area contributed by atoms with E-state index in [1.165, 1.54) is 10.6 Å². The number of amides is 1. The van der Waals surface area contributed by atoms with E-state index in [0.29, 0.717) is 42.6 Å². The largest absolute Gasteiger partial charge is 0.337 e. The smallest absolute Gasteiger partial charge is 0.255 e. The van der Waals surface area contributed by atoms with Crippen LogP contribution in [0.3, 0.4) is 0 Å². The number of hydrogen-bond donors (Lipinski definition) is 0. The molecule has 2 unspecified atom stereocenters. The molecule has 1 amide bonds. The van der Waals surface area contributed by atoms with Gasteiger partial charge in [-0.15, -0.1) is 10.2 Å². The van der Waals surface area contributed by atoms with E-state index in [4.69, 9.17) is 0 Å². The number of likely N-dealkylation sites (tertiary alicyclic amines) is 1. The second kappa shape index (κ2) is 7.09. The third-order valence-electron chi connectivity index (χ3n) is 5.84. The molecule has 2 aromatic heterocycles. The van der Waals surface area contributed by atoms with Gasteiger partial charge in [0.1, 0.15) is 5.82 Å². The molecular formula is C18H26N6O3S. The fourth-order valence-corrected chi connectivity index (χ4v) is 4.97. The minimum Gasteiger partial charge on any atom is -0.337 e. The Kier molecular flexibility index (Phi) is 4.88. The zero-order chi connectivity index (χ0) is 20.1. The number of pyridine rings is 1. The predicted octanol–water partition coefficient (Wildman–Crippen LogP) is 0.254. The molecular weight excluding hydrogens is 380 g/mol. The highest BCUT2D eigenvalue weighted by Gasteiger charge is 2.33. The van der Waals surface area contributed by atoms with Crippen LogP contribution in [0.2, 0.25) is 0 Å². The molecule has 10 heteroatoms. The van der Waals surface area contributed by atoms with Crippen molar-refractivity contribution in [2.24, 2.45) is 0 Å². The van der Waals surface area contributed by atoms with Gasteiger partial charge in [-0.05, 0) is 39.1 Å². The summed E-state index contributed by atoms with van der Waals surface area (Å²) in [5.41, 5.74) is 1.27. The quantitative estimate of drug-likeness (QED) is 0.723. The van der Waals surface area contributed by atoms with Gasteiger partial charge in [0.25, 0.3) is 5.91 Å². The van der Waals surface area contributed by atoms with E-state index < -0.39 is 10.0 Å². The summed E-state index contributed by atoms with van der Waals surface area (Å²) in [6, 6.07) is 3.97. The first-order valence-electron chi connectivity index (χ1n) is 9.49. The zero-order valence-corrected chi connectivity index (χ0v) is 17.3. The van der Waals surface area contributed by atoms with Crippen LogP contribution in [0, 0.1) is 0 Å². The monoisotopic (exact) mass is 406 g/mol. The molecule has 0 bridgehead atoms. The van der Waals surface area contributed by atoms with Crippen molar-refractivity contribution >= 4 is 21.6 Å². The Labute approximate surface area is 165 Å². The normalized spacial score (nSPS) is 23.9. The van der Waals surface area contributed by atoms with Gasteiger partial charge in [0.2, 0.25) is 10.0 Å². The standard InChI is InChI=1S/C18H26N6O3S/c1-21(2)15-7-8-22(12-15)18(25)14-4-5-16-19-20-17(24(16)11-14)13-6-9-23(10-13)28(3,26)27/h4-5,11,13,15H,6-10,12H2,1-3H3. The number of rotatable bonds is 4. The van der Waals surface area contributed by atoms with Gasteiger partial charge in [-0.3, -0.25) is 9.20 Å². The molecule has 9 nitrogen and oxygen atoms in total. The first-order valence-corrected chi connectivity index (χ1v) is 11.3. The summed E-state index contributed by atoms with van der Waals surface area (Å²) in [6.07, 6.45) is 4.69. The predicted molar refractivity (Wildman–Crippen MR) is 105 cm³/mol. The van der Waals surface area contributed by atoms with E-state index in [2.05, 4.69) is 15.1 Å². The third-order valence-corrected chi connectivity index (χ3v) is 7.11. The van der Waals surface area contributed by atoms with E-state index in [9.17, 15) is 13.2 Å². The minimum atomic E-state index is -3.21. The lowest BCUT2D eigenvalue weighted by atomic mass is 10.1. The highest BCUT2D eigenvalue weighted by Crippen LogP contribution is 2.28. The first-order chi connectivity index (χ1) is 13.2. The van der Waals surface area contributed by atoms with Crippen LogP contribution in [0.5, 0.6) is 0 Å². The molecule has 2 saturated heterocycles. The first kappa shape index (κ1) is 19.3. The molecule has 2 aliphatic rings. The fourth-order valence-electron chi connectivity index (χ4n) is 4.08.